The molecule has 0 unspecified atom stereocenters. The number of aromatic nitrogens is 2. The number of rotatable bonds is 6. The first-order valence-electron chi connectivity index (χ1n) is 9.10. The minimum atomic E-state index is 0.554. The van der Waals surface area contributed by atoms with E-state index in [1.54, 1.807) is 34.6 Å². The Morgan fingerprint density at radius 3 is 2.17 bits per heavy atom. The summed E-state index contributed by atoms with van der Waals surface area (Å²) in [5, 5.41) is 0. The lowest BCUT2D eigenvalue weighted by atomic mass is 10.1. The van der Waals surface area contributed by atoms with Crippen LogP contribution in [0, 0.1) is 0 Å². The standard InChI is InChI=1S/C23H22N2O4/c1-26-18-7-5-6-15(10-18)17-11-19-22(24-8-9-25(19)14-17)16-12-20(27-2)23(29-4)21(13-16)28-3/h5-14H,1-4H3. The van der Waals surface area contributed by atoms with E-state index in [0.29, 0.717) is 17.2 Å². The van der Waals surface area contributed by atoms with Gasteiger partial charge in [0, 0.05) is 29.7 Å². The second kappa shape index (κ2) is 7.75. The molecule has 2 aromatic carbocycles. The van der Waals surface area contributed by atoms with E-state index in [4.69, 9.17) is 18.9 Å². The molecule has 148 valence electrons. The van der Waals surface area contributed by atoms with Crippen LogP contribution in [0.4, 0.5) is 0 Å². The molecule has 2 heterocycles. The second-order valence-corrected chi connectivity index (χ2v) is 6.44. The molecular formula is C23H22N2O4. The number of hydrogen-bond donors (Lipinski definition) is 0. The van der Waals surface area contributed by atoms with Crippen molar-refractivity contribution in [3.8, 4) is 45.4 Å². The van der Waals surface area contributed by atoms with E-state index in [1.807, 2.05) is 36.5 Å². The van der Waals surface area contributed by atoms with E-state index in [-0.39, 0.29) is 0 Å². The number of hydrogen-bond acceptors (Lipinski definition) is 5. The van der Waals surface area contributed by atoms with Crippen molar-refractivity contribution in [1.82, 2.24) is 9.38 Å². The van der Waals surface area contributed by atoms with Crippen molar-refractivity contribution in [2.45, 2.75) is 0 Å². The number of benzene rings is 2. The highest BCUT2D eigenvalue weighted by atomic mass is 16.5. The minimum Gasteiger partial charge on any atom is -0.497 e. The Balaban J connectivity index is 1.88. The molecule has 0 aliphatic rings. The van der Waals surface area contributed by atoms with Crippen LogP contribution in [-0.2, 0) is 0 Å². The first-order valence-corrected chi connectivity index (χ1v) is 9.10. The van der Waals surface area contributed by atoms with Gasteiger partial charge in [0.2, 0.25) is 5.75 Å². The molecule has 0 bridgehead atoms. The number of methoxy groups -OCH3 is 4. The van der Waals surface area contributed by atoms with Crippen LogP contribution in [0.3, 0.4) is 0 Å². The van der Waals surface area contributed by atoms with Gasteiger partial charge < -0.3 is 23.3 Å². The summed E-state index contributed by atoms with van der Waals surface area (Å²) in [6, 6.07) is 13.9. The molecule has 4 aromatic rings. The molecule has 0 spiro atoms. The number of ether oxygens (including phenoxy) is 4. The molecular weight excluding hydrogens is 368 g/mol. The molecule has 4 rings (SSSR count). The van der Waals surface area contributed by atoms with E-state index in [0.717, 1.165) is 33.7 Å². The van der Waals surface area contributed by atoms with Gasteiger partial charge in [0.25, 0.3) is 0 Å². The summed E-state index contributed by atoms with van der Waals surface area (Å²) < 4.78 is 23.8. The van der Waals surface area contributed by atoms with Crippen LogP contribution < -0.4 is 18.9 Å². The molecule has 29 heavy (non-hydrogen) atoms. The molecule has 0 fully saturated rings. The van der Waals surface area contributed by atoms with Crippen molar-refractivity contribution >= 4 is 5.52 Å². The number of fused-ring (bicyclic) bond motifs is 1. The highest BCUT2D eigenvalue weighted by Gasteiger charge is 2.17. The molecule has 2 aromatic heterocycles. The van der Waals surface area contributed by atoms with Gasteiger partial charge in [-0.3, -0.25) is 4.98 Å². The Hall–Kier alpha value is -3.67. The molecule has 6 heteroatoms. The second-order valence-electron chi connectivity index (χ2n) is 6.44. The summed E-state index contributed by atoms with van der Waals surface area (Å²) in [5.74, 6) is 2.55. The fraction of sp³-hybridized carbons (Fsp3) is 0.174. The van der Waals surface area contributed by atoms with E-state index in [1.165, 1.54) is 0 Å². The Labute approximate surface area is 169 Å². The van der Waals surface area contributed by atoms with Crippen LogP contribution in [0.1, 0.15) is 0 Å². The molecule has 6 nitrogen and oxygen atoms in total. The van der Waals surface area contributed by atoms with Gasteiger partial charge in [-0.15, -0.1) is 0 Å². The van der Waals surface area contributed by atoms with Crippen LogP contribution >= 0.6 is 0 Å². The third-order valence-electron chi connectivity index (χ3n) is 4.86. The summed E-state index contributed by atoms with van der Waals surface area (Å²) in [5.41, 5.74) is 4.82. The van der Waals surface area contributed by atoms with E-state index >= 15 is 0 Å². The first-order chi connectivity index (χ1) is 14.2. The predicted octanol–water partition coefficient (Wildman–Crippen LogP) is 4.70. The van der Waals surface area contributed by atoms with Gasteiger partial charge in [-0.2, -0.15) is 0 Å². The highest BCUT2D eigenvalue weighted by molar-refractivity contribution is 5.84. The first kappa shape index (κ1) is 18.7. The Kier molecular flexibility index (Phi) is 4.99. The van der Waals surface area contributed by atoms with Gasteiger partial charge in [-0.25, -0.2) is 0 Å². The zero-order valence-electron chi connectivity index (χ0n) is 16.8. The highest BCUT2D eigenvalue weighted by Crippen LogP contribution is 2.42. The Morgan fingerprint density at radius 1 is 0.759 bits per heavy atom. The van der Waals surface area contributed by atoms with Crippen LogP contribution in [0.15, 0.2) is 61.1 Å². The maximum absolute atomic E-state index is 5.50. The lowest BCUT2D eigenvalue weighted by molar-refractivity contribution is 0.324. The molecule has 0 saturated carbocycles. The van der Waals surface area contributed by atoms with Crippen molar-refractivity contribution < 1.29 is 18.9 Å². The summed E-state index contributed by atoms with van der Waals surface area (Å²) in [4.78, 5) is 4.63. The van der Waals surface area contributed by atoms with E-state index in [9.17, 15) is 0 Å². The molecule has 0 aliphatic heterocycles. The maximum Gasteiger partial charge on any atom is 0.203 e. The van der Waals surface area contributed by atoms with Crippen LogP contribution in [-0.4, -0.2) is 37.8 Å². The third kappa shape index (κ3) is 3.33. The van der Waals surface area contributed by atoms with Crippen LogP contribution in [0.2, 0.25) is 0 Å². The van der Waals surface area contributed by atoms with E-state index in [2.05, 4.69) is 27.7 Å². The van der Waals surface area contributed by atoms with E-state index < -0.39 is 0 Å². The quantitative estimate of drug-likeness (QED) is 0.478. The molecule has 0 amide bonds. The Morgan fingerprint density at radius 2 is 1.52 bits per heavy atom. The summed E-state index contributed by atoms with van der Waals surface area (Å²) in [7, 11) is 6.47. The van der Waals surface area contributed by atoms with Crippen molar-refractivity contribution in [3.05, 3.63) is 61.1 Å². The van der Waals surface area contributed by atoms with Gasteiger partial charge in [0.15, 0.2) is 11.5 Å². The monoisotopic (exact) mass is 390 g/mol. The zero-order valence-corrected chi connectivity index (χ0v) is 16.8. The smallest absolute Gasteiger partial charge is 0.203 e. The van der Waals surface area contributed by atoms with Crippen molar-refractivity contribution in [1.29, 1.82) is 0 Å². The minimum absolute atomic E-state index is 0.554. The Bertz CT molecular complexity index is 1140. The fourth-order valence-electron chi connectivity index (χ4n) is 3.44. The largest absolute Gasteiger partial charge is 0.497 e. The molecule has 0 atom stereocenters. The molecule has 0 N–H and O–H groups in total. The van der Waals surface area contributed by atoms with Crippen LogP contribution in [0.25, 0.3) is 27.9 Å². The summed E-state index contributed by atoms with van der Waals surface area (Å²) in [6.45, 7) is 0. The molecule has 0 saturated heterocycles. The SMILES string of the molecule is COc1cccc(-c2cc3c(-c4cc(OC)c(OC)c(OC)c4)nccn3c2)c1. The fourth-order valence-corrected chi connectivity index (χ4v) is 3.44. The topological polar surface area (TPSA) is 54.2 Å². The lowest BCUT2D eigenvalue weighted by Crippen LogP contribution is -1.97. The average molecular weight is 390 g/mol. The molecule has 0 aliphatic carbocycles. The van der Waals surface area contributed by atoms with Crippen molar-refractivity contribution in [2.75, 3.05) is 28.4 Å². The normalized spacial score (nSPS) is 10.8. The maximum atomic E-state index is 5.50. The number of nitrogens with zero attached hydrogens (tertiary/aromatic N) is 2. The van der Waals surface area contributed by atoms with Gasteiger partial charge in [0.1, 0.15) is 5.75 Å². The van der Waals surface area contributed by atoms with Gasteiger partial charge in [0.05, 0.1) is 39.6 Å². The van der Waals surface area contributed by atoms with Crippen LogP contribution in [0.5, 0.6) is 23.0 Å². The predicted molar refractivity (Wildman–Crippen MR) is 112 cm³/mol. The summed E-state index contributed by atoms with van der Waals surface area (Å²) in [6.07, 6.45) is 5.79. The third-order valence-corrected chi connectivity index (χ3v) is 4.86. The average Bonchev–Trinajstić information content (AvgIpc) is 3.22. The van der Waals surface area contributed by atoms with Crippen molar-refractivity contribution in [2.24, 2.45) is 0 Å². The lowest BCUT2D eigenvalue weighted by Gasteiger charge is -2.14. The van der Waals surface area contributed by atoms with Crippen molar-refractivity contribution in [3.63, 3.8) is 0 Å². The van der Waals surface area contributed by atoms with Gasteiger partial charge in [-0.1, -0.05) is 12.1 Å². The zero-order chi connectivity index (χ0) is 20.4. The van der Waals surface area contributed by atoms with Gasteiger partial charge in [-0.05, 0) is 35.9 Å². The summed E-state index contributed by atoms with van der Waals surface area (Å²) >= 11 is 0. The molecule has 0 radical (unpaired) electrons. The van der Waals surface area contributed by atoms with Gasteiger partial charge >= 0.3 is 0 Å².